The van der Waals surface area contributed by atoms with Gasteiger partial charge in [-0.15, -0.1) is 0 Å². The van der Waals surface area contributed by atoms with Gasteiger partial charge < -0.3 is 0 Å². The van der Waals surface area contributed by atoms with Gasteiger partial charge in [-0.05, 0) is 63.5 Å². The van der Waals surface area contributed by atoms with Crippen LogP contribution in [0.15, 0.2) is 30.6 Å². The standard InChI is InChI=1S/C18H24N4OS/c1-13(14-3-4-16-17(11-14)20-8-7-19-16)22-9-5-15-12-21(2)24(23)18(15)6-10-22/h3-4,7-8,11,13,15,18H,5-6,9-10,12H2,1-2H3. The van der Waals surface area contributed by atoms with E-state index in [2.05, 4.69) is 40.0 Å². The zero-order valence-corrected chi connectivity index (χ0v) is 15.1. The molecule has 1 aromatic carbocycles. The van der Waals surface area contributed by atoms with E-state index in [0.717, 1.165) is 43.5 Å². The lowest BCUT2D eigenvalue weighted by Gasteiger charge is -2.28. The number of fused-ring (bicyclic) bond motifs is 2. The second-order valence-corrected chi connectivity index (χ2v) is 8.76. The van der Waals surface area contributed by atoms with Gasteiger partial charge in [-0.25, -0.2) is 8.51 Å². The van der Waals surface area contributed by atoms with Crippen molar-refractivity contribution in [1.29, 1.82) is 0 Å². The van der Waals surface area contributed by atoms with Gasteiger partial charge in [0.2, 0.25) is 0 Å². The first-order chi connectivity index (χ1) is 11.6. The number of hydrogen-bond acceptors (Lipinski definition) is 4. The molecule has 4 unspecified atom stereocenters. The number of aromatic nitrogens is 2. The molecular formula is C18H24N4OS. The number of benzene rings is 1. The van der Waals surface area contributed by atoms with Crippen molar-refractivity contribution in [3.05, 3.63) is 36.2 Å². The molecule has 2 fully saturated rings. The van der Waals surface area contributed by atoms with E-state index < -0.39 is 11.0 Å². The second-order valence-electron chi connectivity index (χ2n) is 6.98. The fraction of sp³-hybridized carbons (Fsp3) is 0.556. The van der Waals surface area contributed by atoms with Gasteiger partial charge in [0, 0.05) is 25.0 Å². The summed E-state index contributed by atoms with van der Waals surface area (Å²) in [6.45, 7) is 5.33. The van der Waals surface area contributed by atoms with Gasteiger partial charge >= 0.3 is 0 Å². The molecule has 2 aromatic rings. The van der Waals surface area contributed by atoms with Crippen LogP contribution in [0.3, 0.4) is 0 Å². The Morgan fingerprint density at radius 1 is 1.17 bits per heavy atom. The summed E-state index contributed by atoms with van der Waals surface area (Å²) in [5, 5.41) is 0.342. The molecule has 2 aliphatic rings. The van der Waals surface area contributed by atoms with Crippen molar-refractivity contribution in [2.24, 2.45) is 5.92 Å². The first kappa shape index (κ1) is 16.1. The number of nitrogens with zero attached hydrogens (tertiary/aromatic N) is 4. The van der Waals surface area contributed by atoms with Gasteiger partial charge in [-0.1, -0.05) is 6.07 Å². The minimum Gasteiger partial charge on any atom is -0.297 e. The predicted molar refractivity (Wildman–Crippen MR) is 96.8 cm³/mol. The van der Waals surface area contributed by atoms with Crippen molar-refractivity contribution in [3.63, 3.8) is 0 Å². The molecule has 4 atom stereocenters. The monoisotopic (exact) mass is 344 g/mol. The Hall–Kier alpha value is -1.37. The van der Waals surface area contributed by atoms with Gasteiger partial charge in [0.1, 0.15) is 0 Å². The van der Waals surface area contributed by atoms with Crippen LogP contribution in [0, 0.1) is 5.92 Å². The van der Waals surface area contributed by atoms with Crippen molar-refractivity contribution < 1.29 is 4.21 Å². The minimum absolute atomic E-state index is 0.342. The third-order valence-corrected chi connectivity index (χ3v) is 7.50. The highest BCUT2D eigenvalue weighted by molar-refractivity contribution is 7.83. The first-order valence-electron chi connectivity index (χ1n) is 8.70. The van der Waals surface area contributed by atoms with Gasteiger partial charge in [-0.2, -0.15) is 0 Å². The minimum atomic E-state index is -0.798. The topological polar surface area (TPSA) is 49.3 Å². The van der Waals surface area contributed by atoms with Crippen LogP contribution in [0.2, 0.25) is 0 Å². The molecule has 5 nitrogen and oxygen atoms in total. The smallest absolute Gasteiger partial charge is 0.0975 e. The molecule has 3 heterocycles. The third-order valence-electron chi connectivity index (χ3n) is 5.60. The van der Waals surface area contributed by atoms with Crippen LogP contribution in [0.5, 0.6) is 0 Å². The quantitative estimate of drug-likeness (QED) is 0.839. The largest absolute Gasteiger partial charge is 0.297 e. The molecule has 0 amide bonds. The predicted octanol–water partition coefficient (Wildman–Crippen LogP) is 2.38. The zero-order chi connectivity index (χ0) is 16.7. The molecule has 0 spiro atoms. The molecule has 0 saturated carbocycles. The molecule has 0 bridgehead atoms. The summed E-state index contributed by atoms with van der Waals surface area (Å²) in [6, 6.07) is 6.73. The van der Waals surface area contributed by atoms with Crippen LogP contribution in [-0.2, 0) is 11.0 Å². The van der Waals surface area contributed by atoms with E-state index >= 15 is 0 Å². The van der Waals surface area contributed by atoms with Crippen molar-refractivity contribution in [2.45, 2.75) is 31.1 Å². The maximum absolute atomic E-state index is 12.4. The normalized spacial score (nSPS) is 30.2. The van der Waals surface area contributed by atoms with Crippen molar-refractivity contribution in [1.82, 2.24) is 19.2 Å². The van der Waals surface area contributed by atoms with Crippen LogP contribution in [0.1, 0.15) is 31.4 Å². The summed E-state index contributed by atoms with van der Waals surface area (Å²) in [5.41, 5.74) is 3.18. The maximum atomic E-state index is 12.4. The van der Waals surface area contributed by atoms with E-state index in [1.54, 1.807) is 12.4 Å². The summed E-state index contributed by atoms with van der Waals surface area (Å²) in [5.74, 6) is 0.579. The van der Waals surface area contributed by atoms with Crippen LogP contribution < -0.4 is 0 Å². The molecule has 0 N–H and O–H groups in total. The van der Waals surface area contributed by atoms with E-state index in [9.17, 15) is 4.21 Å². The molecule has 2 saturated heterocycles. The Bertz CT molecular complexity index is 768. The van der Waals surface area contributed by atoms with Crippen molar-refractivity contribution in [2.75, 3.05) is 26.7 Å². The van der Waals surface area contributed by atoms with Gasteiger partial charge in [-0.3, -0.25) is 14.9 Å². The fourth-order valence-electron chi connectivity index (χ4n) is 4.11. The Kier molecular flexibility index (Phi) is 4.37. The molecule has 2 aliphatic heterocycles. The van der Waals surface area contributed by atoms with Crippen molar-refractivity contribution in [3.8, 4) is 0 Å². The average molecular weight is 344 g/mol. The van der Waals surface area contributed by atoms with E-state index in [1.807, 2.05) is 11.4 Å². The first-order valence-corrected chi connectivity index (χ1v) is 9.87. The third kappa shape index (κ3) is 2.87. The highest BCUT2D eigenvalue weighted by atomic mass is 32.2. The molecule has 128 valence electrons. The maximum Gasteiger partial charge on any atom is 0.0975 e. The number of rotatable bonds is 2. The lowest BCUT2D eigenvalue weighted by Crippen LogP contribution is -2.29. The van der Waals surface area contributed by atoms with Gasteiger partial charge in [0.05, 0.1) is 27.3 Å². The molecule has 4 rings (SSSR count). The van der Waals surface area contributed by atoms with Crippen LogP contribution in [0.25, 0.3) is 11.0 Å². The Morgan fingerprint density at radius 2 is 1.92 bits per heavy atom. The SMILES string of the molecule is CC(c1ccc2nccnc2c1)N1CCC2CN(C)S(=O)C2CC1. The zero-order valence-electron chi connectivity index (χ0n) is 14.3. The highest BCUT2D eigenvalue weighted by Gasteiger charge is 2.39. The van der Waals surface area contributed by atoms with Gasteiger partial charge in [0.15, 0.2) is 0 Å². The summed E-state index contributed by atoms with van der Waals surface area (Å²) < 4.78 is 14.4. The van der Waals surface area contributed by atoms with Crippen molar-refractivity contribution >= 4 is 22.0 Å². The lowest BCUT2D eigenvalue weighted by atomic mass is 10.0. The molecule has 0 radical (unpaired) electrons. The fourth-order valence-corrected chi connectivity index (χ4v) is 5.76. The van der Waals surface area contributed by atoms with Crippen LogP contribution in [-0.4, -0.2) is 55.3 Å². The van der Waals surface area contributed by atoms with Gasteiger partial charge in [0.25, 0.3) is 0 Å². The van der Waals surface area contributed by atoms with Crippen LogP contribution >= 0.6 is 0 Å². The molecular weight excluding hydrogens is 320 g/mol. The van der Waals surface area contributed by atoms with E-state index in [1.165, 1.54) is 5.56 Å². The molecule has 0 aliphatic carbocycles. The highest BCUT2D eigenvalue weighted by Crippen LogP contribution is 2.33. The van der Waals surface area contributed by atoms with Crippen LogP contribution in [0.4, 0.5) is 0 Å². The van der Waals surface area contributed by atoms with E-state index in [0.29, 0.717) is 17.2 Å². The lowest BCUT2D eigenvalue weighted by molar-refractivity contribution is 0.215. The molecule has 24 heavy (non-hydrogen) atoms. The average Bonchev–Trinajstić information content (AvgIpc) is 2.77. The van der Waals surface area contributed by atoms with E-state index in [4.69, 9.17) is 0 Å². The number of likely N-dealkylation sites (tertiary alicyclic amines) is 1. The summed E-state index contributed by atoms with van der Waals surface area (Å²) in [7, 11) is 1.19. The second kappa shape index (κ2) is 6.50. The molecule has 6 heteroatoms. The summed E-state index contributed by atoms with van der Waals surface area (Å²) >= 11 is 0. The van der Waals surface area contributed by atoms with E-state index in [-0.39, 0.29) is 0 Å². The molecule has 1 aromatic heterocycles. The number of hydrogen-bond donors (Lipinski definition) is 0. The Labute approximate surface area is 145 Å². The Morgan fingerprint density at radius 3 is 2.75 bits per heavy atom. The Balaban J connectivity index is 1.52. The summed E-state index contributed by atoms with van der Waals surface area (Å²) in [4.78, 5) is 11.3. The summed E-state index contributed by atoms with van der Waals surface area (Å²) in [6.07, 6.45) is 5.64.